The van der Waals surface area contributed by atoms with Crippen LogP contribution in [0.25, 0.3) is 10.6 Å². The monoisotopic (exact) mass is 273 g/mol. The first-order valence-corrected chi connectivity index (χ1v) is 7.68. The molecule has 2 aromatic rings. The lowest BCUT2D eigenvalue weighted by molar-refractivity contribution is 0.677. The molecular formula is C15H19N3S. The van der Waals surface area contributed by atoms with Gasteiger partial charge in [0.2, 0.25) is 0 Å². The van der Waals surface area contributed by atoms with Gasteiger partial charge in [0.15, 0.2) is 0 Å². The molecule has 3 nitrogen and oxygen atoms in total. The van der Waals surface area contributed by atoms with Crippen LogP contribution in [0.5, 0.6) is 0 Å². The van der Waals surface area contributed by atoms with E-state index in [2.05, 4.69) is 47.6 Å². The Balaban J connectivity index is 1.72. The lowest BCUT2D eigenvalue weighted by Crippen LogP contribution is -2.19. The standard InChI is InChI=1S/C15H19N3S/c1-10-4-3-5-11(2)14(10)15-18-17-13(19-15)8-9-16-12-6-7-12/h3-5,12,16H,6-9H2,1-2H3. The lowest BCUT2D eigenvalue weighted by atomic mass is 10.0. The lowest BCUT2D eigenvalue weighted by Gasteiger charge is -2.04. The molecule has 1 N–H and O–H groups in total. The van der Waals surface area contributed by atoms with Crippen LogP contribution in [0, 0.1) is 13.8 Å². The number of hydrogen-bond donors (Lipinski definition) is 1. The van der Waals surface area contributed by atoms with Crippen molar-refractivity contribution in [1.82, 2.24) is 15.5 Å². The summed E-state index contributed by atoms with van der Waals surface area (Å²) < 4.78 is 0. The third-order valence-corrected chi connectivity index (χ3v) is 4.51. The quantitative estimate of drug-likeness (QED) is 0.909. The number of benzene rings is 1. The first-order valence-electron chi connectivity index (χ1n) is 6.86. The average molecular weight is 273 g/mol. The molecule has 1 aromatic heterocycles. The second kappa shape index (κ2) is 5.39. The normalized spacial score (nSPS) is 14.8. The molecule has 100 valence electrons. The SMILES string of the molecule is Cc1cccc(C)c1-c1nnc(CCNC2CC2)s1. The van der Waals surface area contributed by atoms with Gasteiger partial charge in [0.05, 0.1) is 0 Å². The van der Waals surface area contributed by atoms with Gasteiger partial charge in [-0.3, -0.25) is 0 Å². The maximum atomic E-state index is 4.36. The van der Waals surface area contributed by atoms with Crippen LogP contribution < -0.4 is 5.32 Å². The fourth-order valence-electron chi connectivity index (χ4n) is 2.28. The fourth-order valence-corrected chi connectivity index (χ4v) is 3.29. The van der Waals surface area contributed by atoms with E-state index < -0.39 is 0 Å². The van der Waals surface area contributed by atoms with E-state index in [1.165, 1.54) is 29.5 Å². The predicted octanol–water partition coefficient (Wildman–Crippen LogP) is 3.12. The molecule has 1 heterocycles. The molecule has 4 heteroatoms. The van der Waals surface area contributed by atoms with E-state index in [1.54, 1.807) is 11.3 Å². The number of aryl methyl sites for hydroxylation is 2. The Morgan fingerprint density at radius 1 is 1.21 bits per heavy atom. The largest absolute Gasteiger partial charge is 0.314 e. The molecule has 1 saturated carbocycles. The Hall–Kier alpha value is -1.26. The van der Waals surface area contributed by atoms with Gasteiger partial charge < -0.3 is 5.32 Å². The summed E-state index contributed by atoms with van der Waals surface area (Å²) in [7, 11) is 0. The van der Waals surface area contributed by atoms with Gasteiger partial charge in [-0.05, 0) is 37.8 Å². The van der Waals surface area contributed by atoms with Gasteiger partial charge in [-0.15, -0.1) is 10.2 Å². The van der Waals surface area contributed by atoms with Crippen LogP contribution in [-0.2, 0) is 6.42 Å². The maximum absolute atomic E-state index is 4.36. The van der Waals surface area contributed by atoms with Crippen LogP contribution in [0.15, 0.2) is 18.2 Å². The molecule has 0 saturated heterocycles. The molecule has 1 aliphatic rings. The van der Waals surface area contributed by atoms with Crippen molar-refractivity contribution in [1.29, 1.82) is 0 Å². The summed E-state index contributed by atoms with van der Waals surface area (Å²) in [5, 5.41) is 14.4. The first-order chi connectivity index (χ1) is 9.24. The molecule has 1 aromatic carbocycles. The smallest absolute Gasteiger partial charge is 0.148 e. The van der Waals surface area contributed by atoms with E-state index in [-0.39, 0.29) is 0 Å². The van der Waals surface area contributed by atoms with Gasteiger partial charge in [-0.2, -0.15) is 0 Å². The molecule has 1 aliphatic carbocycles. The molecule has 0 atom stereocenters. The minimum atomic E-state index is 0.769. The second-order valence-corrected chi connectivity index (χ2v) is 6.31. The average Bonchev–Trinajstić information content (AvgIpc) is 3.08. The van der Waals surface area contributed by atoms with E-state index in [0.29, 0.717) is 0 Å². The third kappa shape index (κ3) is 3.01. The zero-order chi connectivity index (χ0) is 13.2. The van der Waals surface area contributed by atoms with Crippen molar-refractivity contribution in [2.75, 3.05) is 6.54 Å². The van der Waals surface area contributed by atoms with Crippen LogP contribution in [0.3, 0.4) is 0 Å². The summed E-state index contributed by atoms with van der Waals surface area (Å²) in [6.45, 7) is 5.29. The van der Waals surface area contributed by atoms with Gasteiger partial charge in [-0.1, -0.05) is 29.5 Å². The van der Waals surface area contributed by atoms with Crippen LogP contribution in [-0.4, -0.2) is 22.8 Å². The van der Waals surface area contributed by atoms with Crippen LogP contribution >= 0.6 is 11.3 Å². The van der Waals surface area contributed by atoms with Crippen LogP contribution in [0.1, 0.15) is 29.0 Å². The summed E-state index contributed by atoms with van der Waals surface area (Å²) in [5.74, 6) is 0. The Morgan fingerprint density at radius 3 is 2.63 bits per heavy atom. The number of hydrogen-bond acceptors (Lipinski definition) is 4. The van der Waals surface area contributed by atoms with Crippen LogP contribution in [0.2, 0.25) is 0 Å². The van der Waals surface area contributed by atoms with Gasteiger partial charge >= 0.3 is 0 Å². The third-order valence-electron chi connectivity index (χ3n) is 3.51. The predicted molar refractivity (Wildman–Crippen MR) is 79.5 cm³/mol. The number of nitrogens with one attached hydrogen (secondary N) is 1. The highest BCUT2D eigenvalue weighted by Crippen LogP contribution is 2.29. The summed E-state index contributed by atoms with van der Waals surface area (Å²) in [4.78, 5) is 0. The maximum Gasteiger partial charge on any atom is 0.148 e. The first kappa shape index (κ1) is 12.8. The van der Waals surface area contributed by atoms with Crippen molar-refractivity contribution in [2.24, 2.45) is 0 Å². The van der Waals surface area contributed by atoms with Crippen molar-refractivity contribution in [2.45, 2.75) is 39.2 Å². The molecule has 0 unspecified atom stereocenters. The highest BCUT2D eigenvalue weighted by atomic mass is 32.1. The Kier molecular flexibility index (Phi) is 3.62. The Labute approximate surface area is 118 Å². The van der Waals surface area contributed by atoms with Crippen molar-refractivity contribution < 1.29 is 0 Å². The van der Waals surface area contributed by atoms with Crippen LogP contribution in [0.4, 0.5) is 0 Å². The molecule has 0 aliphatic heterocycles. The molecule has 0 spiro atoms. The minimum absolute atomic E-state index is 0.769. The number of aromatic nitrogens is 2. The summed E-state index contributed by atoms with van der Waals surface area (Å²) >= 11 is 1.72. The minimum Gasteiger partial charge on any atom is -0.314 e. The van der Waals surface area contributed by atoms with E-state index in [0.717, 1.165) is 29.0 Å². The van der Waals surface area contributed by atoms with Crippen molar-refractivity contribution >= 4 is 11.3 Å². The van der Waals surface area contributed by atoms with E-state index >= 15 is 0 Å². The van der Waals surface area contributed by atoms with Crippen molar-refractivity contribution in [3.8, 4) is 10.6 Å². The molecular weight excluding hydrogens is 254 g/mol. The van der Waals surface area contributed by atoms with Crippen molar-refractivity contribution in [3.63, 3.8) is 0 Å². The Bertz CT molecular complexity index is 552. The number of rotatable bonds is 5. The zero-order valence-corrected chi connectivity index (χ0v) is 12.3. The highest BCUT2D eigenvalue weighted by Gasteiger charge is 2.20. The molecule has 3 rings (SSSR count). The van der Waals surface area contributed by atoms with Gasteiger partial charge in [-0.25, -0.2) is 0 Å². The Morgan fingerprint density at radius 2 is 1.95 bits per heavy atom. The van der Waals surface area contributed by atoms with Gasteiger partial charge in [0, 0.05) is 24.6 Å². The summed E-state index contributed by atoms with van der Waals surface area (Å²) in [6.07, 6.45) is 3.66. The summed E-state index contributed by atoms with van der Waals surface area (Å²) in [6, 6.07) is 7.14. The van der Waals surface area contributed by atoms with Crippen molar-refractivity contribution in [3.05, 3.63) is 34.3 Å². The zero-order valence-electron chi connectivity index (χ0n) is 11.4. The van der Waals surface area contributed by atoms with E-state index in [1.807, 2.05) is 0 Å². The molecule has 0 radical (unpaired) electrons. The number of nitrogens with zero attached hydrogens (tertiary/aromatic N) is 2. The van der Waals surface area contributed by atoms with Gasteiger partial charge in [0.1, 0.15) is 10.0 Å². The highest BCUT2D eigenvalue weighted by molar-refractivity contribution is 7.14. The van der Waals surface area contributed by atoms with Gasteiger partial charge in [0.25, 0.3) is 0 Å². The fraction of sp³-hybridized carbons (Fsp3) is 0.467. The second-order valence-electron chi connectivity index (χ2n) is 5.25. The molecule has 0 bridgehead atoms. The van der Waals surface area contributed by atoms with E-state index in [9.17, 15) is 0 Å². The molecule has 1 fully saturated rings. The molecule has 19 heavy (non-hydrogen) atoms. The summed E-state index contributed by atoms with van der Waals surface area (Å²) in [5.41, 5.74) is 3.80. The van der Waals surface area contributed by atoms with E-state index in [4.69, 9.17) is 0 Å². The topological polar surface area (TPSA) is 37.8 Å². The molecule has 0 amide bonds.